The first kappa shape index (κ1) is 21.9. The molecule has 0 aliphatic carbocycles. The zero-order valence-corrected chi connectivity index (χ0v) is 19.3. The number of carbonyl (C=O) groups excluding carboxylic acids is 4. The van der Waals surface area contributed by atoms with E-state index < -0.39 is 41.7 Å². The average Bonchev–Trinajstić information content (AvgIpc) is 3.40. The number of para-hydroxylation sites is 1. The Kier molecular flexibility index (Phi) is 5.03. The van der Waals surface area contributed by atoms with E-state index >= 15 is 0 Å². The van der Waals surface area contributed by atoms with Gasteiger partial charge in [-0.1, -0.05) is 66.7 Å². The van der Waals surface area contributed by atoms with Crippen molar-refractivity contribution in [1.29, 1.82) is 0 Å². The van der Waals surface area contributed by atoms with Crippen LogP contribution in [0, 0.1) is 11.8 Å². The molecule has 36 heavy (non-hydrogen) atoms. The Morgan fingerprint density at radius 1 is 0.833 bits per heavy atom. The molecule has 2 fully saturated rings. The summed E-state index contributed by atoms with van der Waals surface area (Å²) in [6, 6.07) is 21.0. The monoisotopic (exact) mass is 479 g/mol. The molecule has 8 nitrogen and oxygen atoms in total. The lowest BCUT2D eigenvalue weighted by atomic mass is 9.83. The normalized spacial score (nSPS) is 23.8. The molecule has 6 rings (SSSR count). The van der Waals surface area contributed by atoms with E-state index in [2.05, 4.69) is 5.10 Å². The van der Waals surface area contributed by atoms with E-state index in [1.165, 1.54) is 13.2 Å². The highest BCUT2D eigenvalue weighted by molar-refractivity contribution is 6.26. The second-order valence-electron chi connectivity index (χ2n) is 8.95. The van der Waals surface area contributed by atoms with Crippen molar-refractivity contribution in [1.82, 2.24) is 5.01 Å². The van der Waals surface area contributed by atoms with Gasteiger partial charge in [0.25, 0.3) is 0 Å². The predicted molar refractivity (Wildman–Crippen MR) is 130 cm³/mol. The number of ketones is 1. The van der Waals surface area contributed by atoms with Crippen LogP contribution >= 0.6 is 0 Å². The Balaban J connectivity index is 1.51. The Labute approximate surface area is 206 Å². The third kappa shape index (κ3) is 3.04. The van der Waals surface area contributed by atoms with Gasteiger partial charge in [-0.15, -0.1) is 0 Å². The topological polar surface area (TPSA) is 96.3 Å². The molecule has 0 unspecified atom stereocenters. The van der Waals surface area contributed by atoms with Gasteiger partial charge in [0.1, 0.15) is 6.04 Å². The first-order chi connectivity index (χ1) is 17.5. The van der Waals surface area contributed by atoms with Gasteiger partial charge in [0.05, 0.1) is 42.5 Å². The average molecular weight is 479 g/mol. The summed E-state index contributed by atoms with van der Waals surface area (Å²) >= 11 is 0. The third-order valence-electron chi connectivity index (χ3n) is 7.17. The van der Waals surface area contributed by atoms with Gasteiger partial charge in [-0.3, -0.25) is 19.4 Å². The molecule has 0 aromatic heterocycles. The summed E-state index contributed by atoms with van der Waals surface area (Å²) in [7, 11) is 1.24. The molecule has 0 N–H and O–H groups in total. The molecule has 0 bridgehead atoms. The Morgan fingerprint density at radius 2 is 1.50 bits per heavy atom. The van der Waals surface area contributed by atoms with Crippen molar-refractivity contribution in [2.24, 2.45) is 16.9 Å². The molecule has 2 saturated heterocycles. The number of methoxy groups -OCH3 is 1. The molecule has 3 aromatic rings. The SMILES string of the molecule is COC(=O)c1ccccc1N1C(=O)[C@@H]2[C@H](C1=O)[C@@H]1c3ccccc3C=NN1[C@H]2C(=O)c1ccccc1. The number of nitrogens with zero attached hydrogens (tertiary/aromatic N) is 3. The summed E-state index contributed by atoms with van der Waals surface area (Å²) in [5, 5.41) is 6.18. The van der Waals surface area contributed by atoms with E-state index in [4.69, 9.17) is 4.74 Å². The molecule has 0 radical (unpaired) electrons. The van der Waals surface area contributed by atoms with Crippen LogP contribution in [0.5, 0.6) is 0 Å². The lowest BCUT2D eigenvalue weighted by Gasteiger charge is -2.34. The lowest BCUT2D eigenvalue weighted by molar-refractivity contribution is -0.124. The number of amides is 2. The van der Waals surface area contributed by atoms with Gasteiger partial charge >= 0.3 is 5.97 Å². The van der Waals surface area contributed by atoms with Crippen LogP contribution in [0.2, 0.25) is 0 Å². The molecule has 8 heteroatoms. The van der Waals surface area contributed by atoms with Gasteiger partial charge in [-0.2, -0.15) is 5.10 Å². The fraction of sp³-hybridized carbons (Fsp3) is 0.179. The number of esters is 1. The van der Waals surface area contributed by atoms with Crippen LogP contribution in [0.25, 0.3) is 0 Å². The minimum Gasteiger partial charge on any atom is -0.465 e. The molecular formula is C28H21N3O5. The minimum absolute atomic E-state index is 0.103. The van der Waals surface area contributed by atoms with Crippen LogP contribution < -0.4 is 4.90 Å². The second-order valence-corrected chi connectivity index (χ2v) is 8.95. The Hall–Kier alpha value is -4.59. The van der Waals surface area contributed by atoms with Gasteiger partial charge < -0.3 is 4.74 Å². The maximum absolute atomic E-state index is 14.0. The summed E-state index contributed by atoms with van der Waals surface area (Å²) in [4.78, 5) is 55.3. The maximum atomic E-state index is 14.0. The number of rotatable bonds is 4. The van der Waals surface area contributed by atoms with Crippen molar-refractivity contribution in [3.63, 3.8) is 0 Å². The van der Waals surface area contributed by atoms with Crippen LogP contribution in [-0.4, -0.2) is 47.9 Å². The highest BCUT2D eigenvalue weighted by Gasteiger charge is 2.65. The molecule has 3 aliphatic rings. The van der Waals surface area contributed by atoms with Crippen LogP contribution in [0.4, 0.5) is 5.69 Å². The molecule has 3 heterocycles. The quantitative estimate of drug-likeness (QED) is 0.324. The fourth-order valence-electron chi connectivity index (χ4n) is 5.63. The number of hydrazone groups is 1. The number of imide groups is 1. The molecule has 4 atom stereocenters. The van der Waals surface area contributed by atoms with Gasteiger partial charge in [0.15, 0.2) is 5.78 Å². The van der Waals surface area contributed by atoms with E-state index in [0.29, 0.717) is 5.56 Å². The van der Waals surface area contributed by atoms with E-state index in [9.17, 15) is 19.2 Å². The predicted octanol–water partition coefficient (Wildman–Crippen LogP) is 3.23. The van der Waals surface area contributed by atoms with E-state index in [1.54, 1.807) is 53.7 Å². The molecule has 178 valence electrons. The number of ether oxygens (including phenoxy) is 1. The zero-order valence-electron chi connectivity index (χ0n) is 19.3. The van der Waals surface area contributed by atoms with Crippen molar-refractivity contribution >= 4 is 35.5 Å². The van der Waals surface area contributed by atoms with Crippen molar-refractivity contribution in [3.05, 3.63) is 101 Å². The first-order valence-corrected chi connectivity index (χ1v) is 11.6. The number of anilines is 1. The summed E-state index contributed by atoms with van der Waals surface area (Å²) < 4.78 is 4.88. The molecule has 0 saturated carbocycles. The maximum Gasteiger partial charge on any atom is 0.339 e. The Morgan fingerprint density at radius 3 is 2.28 bits per heavy atom. The summed E-state index contributed by atoms with van der Waals surface area (Å²) in [6.45, 7) is 0. The summed E-state index contributed by atoms with van der Waals surface area (Å²) in [5.74, 6) is -3.75. The minimum atomic E-state index is -0.973. The highest BCUT2D eigenvalue weighted by Crippen LogP contribution is 2.53. The van der Waals surface area contributed by atoms with Crippen LogP contribution in [0.15, 0.2) is 84.0 Å². The molecule has 2 amide bonds. The molecular weight excluding hydrogens is 458 g/mol. The number of Topliss-reactive ketones (excluding diaryl/α,β-unsaturated/α-hetero) is 1. The van der Waals surface area contributed by atoms with E-state index in [0.717, 1.165) is 16.0 Å². The van der Waals surface area contributed by atoms with E-state index in [-0.39, 0.29) is 17.0 Å². The number of fused-ring (bicyclic) bond motifs is 5. The highest BCUT2D eigenvalue weighted by atomic mass is 16.5. The Bertz CT molecular complexity index is 1450. The van der Waals surface area contributed by atoms with Crippen molar-refractivity contribution in [2.75, 3.05) is 12.0 Å². The third-order valence-corrected chi connectivity index (χ3v) is 7.17. The van der Waals surface area contributed by atoms with Gasteiger partial charge in [-0.25, -0.2) is 9.69 Å². The van der Waals surface area contributed by atoms with Crippen LogP contribution in [0.1, 0.15) is 37.9 Å². The van der Waals surface area contributed by atoms with Crippen LogP contribution in [-0.2, 0) is 14.3 Å². The molecule has 3 aromatic carbocycles. The fourth-order valence-corrected chi connectivity index (χ4v) is 5.63. The standard InChI is InChI=1S/C28H21N3O5/c1-36-28(35)19-13-7-8-14-20(19)30-26(33)21-22(27(30)34)24(25(32)16-9-3-2-4-10-16)31-23(21)18-12-6-5-11-17(18)15-29-31/h2-15,21-24H,1H3/t21-,22+,23-,24+/m0/s1. The van der Waals surface area contributed by atoms with Crippen LogP contribution in [0.3, 0.4) is 0 Å². The summed E-state index contributed by atoms with van der Waals surface area (Å²) in [5.41, 5.74) is 2.35. The van der Waals surface area contributed by atoms with Gasteiger partial charge in [0.2, 0.25) is 11.8 Å². The second kappa shape index (κ2) is 8.27. The lowest BCUT2D eigenvalue weighted by Crippen LogP contribution is -2.45. The van der Waals surface area contributed by atoms with Gasteiger partial charge in [-0.05, 0) is 23.3 Å². The van der Waals surface area contributed by atoms with Gasteiger partial charge in [0, 0.05) is 5.56 Å². The summed E-state index contributed by atoms with van der Waals surface area (Å²) in [6.07, 6.45) is 1.66. The van der Waals surface area contributed by atoms with Crippen molar-refractivity contribution in [2.45, 2.75) is 12.1 Å². The number of hydrogen-bond acceptors (Lipinski definition) is 7. The van der Waals surface area contributed by atoms with Crippen molar-refractivity contribution in [3.8, 4) is 0 Å². The van der Waals surface area contributed by atoms with E-state index in [1.807, 2.05) is 30.3 Å². The first-order valence-electron chi connectivity index (χ1n) is 11.6. The number of carbonyl (C=O) groups is 4. The largest absolute Gasteiger partial charge is 0.465 e. The zero-order chi connectivity index (χ0) is 25.0. The number of benzene rings is 3. The smallest absolute Gasteiger partial charge is 0.339 e. The molecule has 0 spiro atoms. The molecule has 3 aliphatic heterocycles. The van der Waals surface area contributed by atoms with Crippen molar-refractivity contribution < 1.29 is 23.9 Å². The number of hydrogen-bond donors (Lipinski definition) is 0.